The van der Waals surface area contributed by atoms with Crippen molar-refractivity contribution in [1.82, 2.24) is 4.90 Å². The molecule has 0 amide bonds. The molecule has 0 aromatic carbocycles. The van der Waals surface area contributed by atoms with Crippen LogP contribution in [0.1, 0.15) is 19.8 Å². The van der Waals surface area contributed by atoms with Crippen LogP contribution in [0.5, 0.6) is 0 Å². The zero-order valence-electron chi connectivity index (χ0n) is 8.12. The van der Waals surface area contributed by atoms with Gasteiger partial charge in [-0.25, -0.2) is 0 Å². The quantitative estimate of drug-likeness (QED) is 0.757. The molecule has 1 fully saturated rings. The van der Waals surface area contributed by atoms with Crippen LogP contribution in [0.4, 0.5) is 0 Å². The average Bonchev–Trinajstić information content (AvgIpc) is 2.16. The van der Waals surface area contributed by atoms with E-state index >= 15 is 0 Å². The minimum Gasteiger partial charge on any atom is -0.396 e. The fraction of sp³-hybridized carbons (Fsp3) is 0.800. The van der Waals surface area contributed by atoms with Gasteiger partial charge in [-0.2, -0.15) is 0 Å². The van der Waals surface area contributed by atoms with Crippen LogP contribution in [0.15, 0.2) is 11.6 Å². The summed E-state index contributed by atoms with van der Waals surface area (Å²) in [5, 5.41) is 9.02. The molecular formula is C10H18ClNO. The molecule has 2 atom stereocenters. The third kappa shape index (κ3) is 3.29. The number of aliphatic hydroxyl groups is 1. The Labute approximate surface area is 85.2 Å². The number of hydrogen-bond acceptors (Lipinski definition) is 2. The molecule has 0 spiro atoms. The highest BCUT2D eigenvalue weighted by Crippen LogP contribution is 2.21. The van der Waals surface area contributed by atoms with E-state index in [1.807, 2.05) is 6.08 Å². The second-order valence-electron chi connectivity index (χ2n) is 3.78. The highest BCUT2D eigenvalue weighted by molar-refractivity contribution is 6.25. The maximum Gasteiger partial charge on any atom is 0.0460 e. The molecule has 1 saturated heterocycles. The third-order valence-electron chi connectivity index (χ3n) is 2.81. The normalized spacial score (nSPS) is 31.3. The number of aliphatic hydroxyl groups excluding tert-OH is 1. The first-order valence-corrected chi connectivity index (χ1v) is 5.31. The zero-order valence-corrected chi connectivity index (χ0v) is 8.87. The van der Waals surface area contributed by atoms with Gasteiger partial charge in [-0.3, -0.25) is 4.90 Å². The first kappa shape index (κ1) is 11.0. The summed E-state index contributed by atoms with van der Waals surface area (Å²) in [6.07, 6.45) is 4.18. The molecule has 1 aliphatic rings. The van der Waals surface area contributed by atoms with Crippen LogP contribution in [-0.4, -0.2) is 35.7 Å². The molecule has 3 heteroatoms. The summed E-state index contributed by atoms with van der Waals surface area (Å²) in [4.78, 5) is 2.39. The predicted octanol–water partition coefficient (Wildman–Crippen LogP) is 1.83. The summed E-state index contributed by atoms with van der Waals surface area (Å²) < 4.78 is 0. The number of piperidine rings is 1. The van der Waals surface area contributed by atoms with Crippen molar-refractivity contribution >= 4 is 11.6 Å². The largest absolute Gasteiger partial charge is 0.396 e. The lowest BCUT2D eigenvalue weighted by atomic mass is 9.92. The number of likely N-dealkylation sites (tertiary alicyclic amines) is 1. The number of rotatable bonds is 3. The molecule has 13 heavy (non-hydrogen) atoms. The van der Waals surface area contributed by atoms with Gasteiger partial charge in [0.05, 0.1) is 0 Å². The van der Waals surface area contributed by atoms with Gasteiger partial charge in [0.15, 0.2) is 0 Å². The molecule has 0 radical (unpaired) electrons. The Hall–Kier alpha value is -0.0500. The minimum atomic E-state index is 0.337. The number of halogens is 1. The smallest absolute Gasteiger partial charge is 0.0460 e. The highest BCUT2D eigenvalue weighted by atomic mass is 35.5. The van der Waals surface area contributed by atoms with Crippen LogP contribution < -0.4 is 0 Å². The van der Waals surface area contributed by atoms with Crippen molar-refractivity contribution in [2.24, 2.45) is 5.92 Å². The molecule has 0 aromatic heterocycles. The van der Waals surface area contributed by atoms with E-state index in [1.54, 1.807) is 5.54 Å². The lowest BCUT2D eigenvalue weighted by molar-refractivity contribution is 0.0983. The van der Waals surface area contributed by atoms with Crippen LogP contribution >= 0.6 is 11.6 Å². The SMILES string of the molecule is C[C@H]1C[C@@H](CO)CCN1C/C=C/Cl. The molecule has 1 rings (SSSR count). The van der Waals surface area contributed by atoms with E-state index < -0.39 is 0 Å². The van der Waals surface area contributed by atoms with E-state index in [1.165, 1.54) is 0 Å². The van der Waals surface area contributed by atoms with Gasteiger partial charge in [0.25, 0.3) is 0 Å². The van der Waals surface area contributed by atoms with E-state index in [0.29, 0.717) is 18.6 Å². The summed E-state index contributed by atoms with van der Waals surface area (Å²) in [5.41, 5.74) is 1.57. The predicted molar refractivity (Wildman–Crippen MR) is 55.8 cm³/mol. The van der Waals surface area contributed by atoms with Crippen molar-refractivity contribution < 1.29 is 5.11 Å². The molecular weight excluding hydrogens is 186 g/mol. The maximum atomic E-state index is 9.02. The summed E-state index contributed by atoms with van der Waals surface area (Å²) in [6.45, 7) is 4.56. The summed E-state index contributed by atoms with van der Waals surface area (Å²) in [5.74, 6) is 0.506. The van der Waals surface area contributed by atoms with Crippen LogP contribution in [0.25, 0.3) is 0 Å². The van der Waals surface area contributed by atoms with Crippen molar-refractivity contribution in [3.63, 3.8) is 0 Å². The van der Waals surface area contributed by atoms with E-state index in [2.05, 4.69) is 11.8 Å². The summed E-state index contributed by atoms with van der Waals surface area (Å²) >= 11 is 5.48. The van der Waals surface area contributed by atoms with E-state index in [4.69, 9.17) is 16.7 Å². The van der Waals surface area contributed by atoms with Crippen LogP contribution in [-0.2, 0) is 0 Å². The highest BCUT2D eigenvalue weighted by Gasteiger charge is 2.23. The fourth-order valence-electron chi connectivity index (χ4n) is 1.93. The minimum absolute atomic E-state index is 0.337. The molecule has 1 N–H and O–H groups in total. The van der Waals surface area contributed by atoms with Crippen LogP contribution in [0.2, 0.25) is 0 Å². The van der Waals surface area contributed by atoms with Gasteiger partial charge in [-0.1, -0.05) is 17.7 Å². The standard InChI is InChI=1S/C10H18ClNO/c1-9-7-10(8-13)3-6-12(9)5-2-4-11/h2,4,9-10,13H,3,5-8H2,1H3/b4-2+/t9-,10-/m0/s1. The number of nitrogens with zero attached hydrogens (tertiary/aromatic N) is 1. The van der Waals surface area contributed by atoms with Crippen molar-refractivity contribution in [3.05, 3.63) is 11.6 Å². The zero-order chi connectivity index (χ0) is 9.68. The molecule has 1 aliphatic heterocycles. The fourth-order valence-corrected chi connectivity index (χ4v) is 2.01. The Morgan fingerprint density at radius 1 is 1.62 bits per heavy atom. The van der Waals surface area contributed by atoms with Gasteiger partial charge in [-0.05, 0) is 32.2 Å². The monoisotopic (exact) mass is 203 g/mol. The van der Waals surface area contributed by atoms with E-state index in [-0.39, 0.29) is 0 Å². The lowest BCUT2D eigenvalue weighted by Gasteiger charge is -2.36. The third-order valence-corrected chi connectivity index (χ3v) is 2.99. The maximum absolute atomic E-state index is 9.02. The first-order valence-electron chi connectivity index (χ1n) is 4.88. The Bertz CT molecular complexity index is 172. The van der Waals surface area contributed by atoms with E-state index in [0.717, 1.165) is 25.9 Å². The van der Waals surface area contributed by atoms with E-state index in [9.17, 15) is 0 Å². The van der Waals surface area contributed by atoms with Crippen molar-refractivity contribution in [3.8, 4) is 0 Å². The molecule has 0 aromatic rings. The molecule has 2 nitrogen and oxygen atoms in total. The summed E-state index contributed by atoms with van der Waals surface area (Å²) in [7, 11) is 0. The summed E-state index contributed by atoms with van der Waals surface area (Å²) in [6, 6.07) is 0.568. The second-order valence-corrected chi connectivity index (χ2v) is 4.03. The van der Waals surface area contributed by atoms with Gasteiger partial charge in [0.2, 0.25) is 0 Å². The molecule has 0 saturated carbocycles. The van der Waals surface area contributed by atoms with Gasteiger partial charge in [0, 0.05) is 24.7 Å². The molecule has 0 bridgehead atoms. The first-order chi connectivity index (χ1) is 6.27. The van der Waals surface area contributed by atoms with Gasteiger partial charge in [-0.15, -0.1) is 0 Å². The Morgan fingerprint density at radius 2 is 2.38 bits per heavy atom. The molecule has 76 valence electrons. The Balaban J connectivity index is 2.34. The van der Waals surface area contributed by atoms with Gasteiger partial charge >= 0.3 is 0 Å². The van der Waals surface area contributed by atoms with Gasteiger partial charge < -0.3 is 5.11 Å². The molecule has 0 aliphatic carbocycles. The average molecular weight is 204 g/mol. The van der Waals surface area contributed by atoms with Crippen LogP contribution in [0, 0.1) is 5.92 Å². The second kappa shape index (κ2) is 5.63. The van der Waals surface area contributed by atoms with Crippen molar-refractivity contribution in [2.75, 3.05) is 19.7 Å². The van der Waals surface area contributed by atoms with Crippen LogP contribution in [0.3, 0.4) is 0 Å². The number of hydrogen-bond donors (Lipinski definition) is 1. The topological polar surface area (TPSA) is 23.5 Å². The van der Waals surface area contributed by atoms with Crippen molar-refractivity contribution in [1.29, 1.82) is 0 Å². The molecule has 0 unspecified atom stereocenters. The lowest BCUT2D eigenvalue weighted by Crippen LogP contribution is -2.41. The Kier molecular flexibility index (Phi) is 4.78. The van der Waals surface area contributed by atoms with Crippen molar-refractivity contribution in [2.45, 2.75) is 25.8 Å². The van der Waals surface area contributed by atoms with Gasteiger partial charge in [0.1, 0.15) is 0 Å². The molecule has 1 heterocycles. The Morgan fingerprint density at radius 3 is 2.92 bits per heavy atom.